The Hall–Kier alpha value is -4.53. The third kappa shape index (κ3) is 4.72. The van der Waals surface area contributed by atoms with E-state index in [1.165, 1.54) is 4.68 Å². The Balaban J connectivity index is 1.44. The molecule has 9 heteroatoms. The number of rotatable bonds is 6. The smallest absolute Gasteiger partial charge is 0.277 e. The molecule has 0 bridgehead atoms. The first-order chi connectivity index (χ1) is 15.9. The van der Waals surface area contributed by atoms with E-state index in [-0.39, 0.29) is 5.91 Å². The zero-order valence-corrected chi connectivity index (χ0v) is 18.4. The molecule has 2 N–H and O–H groups in total. The van der Waals surface area contributed by atoms with Gasteiger partial charge < -0.3 is 9.84 Å². The second-order valence-electron chi connectivity index (χ2n) is 7.34. The summed E-state index contributed by atoms with van der Waals surface area (Å²) in [6.45, 7) is 3.46. The minimum atomic E-state index is -0.410. The molecule has 0 saturated carbocycles. The maximum atomic E-state index is 12.8. The van der Waals surface area contributed by atoms with Crippen LogP contribution in [0.2, 0.25) is 0 Å². The molecular formula is C24H22N6O3. The van der Waals surface area contributed by atoms with Crippen molar-refractivity contribution < 1.29 is 14.1 Å². The first kappa shape index (κ1) is 21.7. The number of nitrogens with zero attached hydrogens (tertiary/aromatic N) is 4. The van der Waals surface area contributed by atoms with Gasteiger partial charge in [0.15, 0.2) is 0 Å². The van der Waals surface area contributed by atoms with E-state index in [9.17, 15) is 9.59 Å². The van der Waals surface area contributed by atoms with Gasteiger partial charge in [0.05, 0.1) is 5.71 Å². The monoisotopic (exact) mass is 442 g/mol. The van der Waals surface area contributed by atoms with E-state index in [1.807, 2.05) is 42.5 Å². The van der Waals surface area contributed by atoms with E-state index >= 15 is 0 Å². The number of carbonyl (C=O) groups is 2. The van der Waals surface area contributed by atoms with Crippen molar-refractivity contribution in [2.45, 2.75) is 13.8 Å². The number of nitrogens with one attached hydrogen (secondary N) is 2. The average molecular weight is 442 g/mol. The highest BCUT2D eigenvalue weighted by molar-refractivity contribution is 6.05. The van der Waals surface area contributed by atoms with Crippen molar-refractivity contribution in [1.29, 1.82) is 0 Å². The fraction of sp³-hybridized carbons (Fsp3) is 0.125. The molecule has 0 aliphatic heterocycles. The molecule has 0 saturated heterocycles. The number of hydrazone groups is 1. The van der Waals surface area contributed by atoms with Gasteiger partial charge in [-0.05, 0) is 37.6 Å². The fourth-order valence-electron chi connectivity index (χ4n) is 3.27. The highest BCUT2D eigenvalue weighted by atomic mass is 16.5. The van der Waals surface area contributed by atoms with Gasteiger partial charge in [-0.25, -0.2) is 5.43 Å². The van der Waals surface area contributed by atoms with Gasteiger partial charge in [-0.1, -0.05) is 47.6 Å². The predicted molar refractivity (Wildman–Crippen MR) is 124 cm³/mol. The van der Waals surface area contributed by atoms with E-state index in [0.29, 0.717) is 34.1 Å². The van der Waals surface area contributed by atoms with Crippen LogP contribution in [0.4, 0.5) is 5.69 Å². The standard InChI is InChI=1S/C24H22N6O3/c1-15(17-9-11-19(12-10-17)26-23(31)20-13-14-25-30(20)3)27-28-24(32)21-16(2)33-29-22(21)18-7-5-4-6-8-18/h4-14H,1-3H3,(H,26,31)(H,28,32). The van der Waals surface area contributed by atoms with Crippen LogP contribution in [-0.4, -0.2) is 32.5 Å². The van der Waals surface area contributed by atoms with E-state index in [2.05, 4.69) is 26.1 Å². The Morgan fingerprint density at radius 3 is 2.39 bits per heavy atom. The Kier molecular flexibility index (Phi) is 6.12. The summed E-state index contributed by atoms with van der Waals surface area (Å²) >= 11 is 0. The van der Waals surface area contributed by atoms with E-state index < -0.39 is 5.91 Å². The molecule has 0 aliphatic carbocycles. The fourth-order valence-corrected chi connectivity index (χ4v) is 3.27. The van der Waals surface area contributed by atoms with Gasteiger partial charge in [0.25, 0.3) is 11.8 Å². The van der Waals surface area contributed by atoms with Crippen LogP contribution in [0.5, 0.6) is 0 Å². The van der Waals surface area contributed by atoms with Crippen LogP contribution < -0.4 is 10.7 Å². The number of anilines is 1. The summed E-state index contributed by atoms with van der Waals surface area (Å²) in [7, 11) is 1.70. The molecule has 0 atom stereocenters. The number of carbonyl (C=O) groups excluding carboxylic acids is 2. The van der Waals surface area contributed by atoms with Crippen molar-refractivity contribution in [3.05, 3.63) is 89.4 Å². The van der Waals surface area contributed by atoms with Crippen LogP contribution in [0.1, 0.15) is 39.1 Å². The third-order valence-corrected chi connectivity index (χ3v) is 5.08. The van der Waals surface area contributed by atoms with Gasteiger partial charge in [0, 0.05) is 24.5 Å². The maximum Gasteiger partial charge on any atom is 0.277 e. The lowest BCUT2D eigenvalue weighted by Gasteiger charge is -2.07. The van der Waals surface area contributed by atoms with Crippen LogP contribution in [-0.2, 0) is 7.05 Å². The zero-order valence-electron chi connectivity index (χ0n) is 18.4. The summed E-state index contributed by atoms with van der Waals surface area (Å²) in [6, 6.07) is 18.1. The molecule has 166 valence electrons. The number of aryl methyl sites for hydroxylation is 2. The van der Waals surface area contributed by atoms with E-state index in [1.54, 1.807) is 45.3 Å². The van der Waals surface area contributed by atoms with E-state index in [4.69, 9.17) is 4.52 Å². The Labute approximate surface area is 190 Å². The lowest BCUT2D eigenvalue weighted by molar-refractivity contribution is 0.0952. The molecule has 33 heavy (non-hydrogen) atoms. The number of aromatic nitrogens is 3. The largest absolute Gasteiger partial charge is 0.360 e. The molecule has 2 heterocycles. The molecule has 4 aromatic rings. The molecule has 0 fully saturated rings. The highest BCUT2D eigenvalue weighted by Crippen LogP contribution is 2.25. The highest BCUT2D eigenvalue weighted by Gasteiger charge is 2.21. The van der Waals surface area contributed by atoms with Crippen LogP contribution in [0.3, 0.4) is 0 Å². The second kappa shape index (κ2) is 9.31. The minimum absolute atomic E-state index is 0.251. The first-order valence-corrected chi connectivity index (χ1v) is 10.2. The Morgan fingerprint density at radius 1 is 1.00 bits per heavy atom. The average Bonchev–Trinajstić information content (AvgIpc) is 3.43. The van der Waals surface area contributed by atoms with Crippen LogP contribution in [0.25, 0.3) is 11.3 Å². The zero-order chi connectivity index (χ0) is 23.4. The lowest BCUT2D eigenvalue weighted by Crippen LogP contribution is -2.20. The Morgan fingerprint density at radius 2 is 1.73 bits per heavy atom. The molecule has 0 spiro atoms. The van der Waals surface area contributed by atoms with Crippen LogP contribution in [0, 0.1) is 6.92 Å². The summed E-state index contributed by atoms with van der Waals surface area (Å²) in [5.74, 6) is -0.251. The van der Waals surface area contributed by atoms with Gasteiger partial charge >= 0.3 is 0 Å². The number of amides is 2. The van der Waals surface area contributed by atoms with Gasteiger partial charge in [-0.3, -0.25) is 14.3 Å². The molecule has 9 nitrogen and oxygen atoms in total. The van der Waals surface area contributed by atoms with Crippen molar-refractivity contribution in [1.82, 2.24) is 20.4 Å². The maximum absolute atomic E-state index is 12.8. The quantitative estimate of drug-likeness (QED) is 0.348. The van der Waals surface area contributed by atoms with Crippen molar-refractivity contribution in [3.63, 3.8) is 0 Å². The molecule has 0 radical (unpaired) electrons. The van der Waals surface area contributed by atoms with E-state index in [0.717, 1.165) is 11.1 Å². The van der Waals surface area contributed by atoms with Crippen LogP contribution in [0.15, 0.2) is 76.5 Å². The van der Waals surface area contributed by atoms with Gasteiger partial charge in [-0.2, -0.15) is 10.2 Å². The summed E-state index contributed by atoms with van der Waals surface area (Å²) in [6.07, 6.45) is 1.57. The summed E-state index contributed by atoms with van der Waals surface area (Å²) in [5, 5.41) is 15.1. The number of hydrogen-bond acceptors (Lipinski definition) is 6. The van der Waals surface area contributed by atoms with Crippen LogP contribution >= 0.6 is 0 Å². The summed E-state index contributed by atoms with van der Waals surface area (Å²) < 4.78 is 6.75. The first-order valence-electron chi connectivity index (χ1n) is 10.2. The molecule has 0 aliphatic rings. The minimum Gasteiger partial charge on any atom is -0.360 e. The molecule has 2 aromatic heterocycles. The van der Waals surface area contributed by atoms with Gasteiger partial charge in [0.2, 0.25) is 0 Å². The SMILES string of the molecule is CC(=NNC(=O)c1c(-c2ccccc2)noc1C)c1ccc(NC(=O)c2ccnn2C)cc1. The second-order valence-corrected chi connectivity index (χ2v) is 7.34. The summed E-state index contributed by atoms with van der Waals surface area (Å²) in [4.78, 5) is 25.1. The number of hydrogen-bond donors (Lipinski definition) is 2. The topological polar surface area (TPSA) is 114 Å². The summed E-state index contributed by atoms with van der Waals surface area (Å²) in [5.41, 5.74) is 6.64. The van der Waals surface area contributed by atoms with Crippen molar-refractivity contribution in [2.75, 3.05) is 5.32 Å². The number of benzene rings is 2. The van der Waals surface area contributed by atoms with Crippen molar-refractivity contribution in [3.8, 4) is 11.3 Å². The van der Waals surface area contributed by atoms with Gasteiger partial charge in [0.1, 0.15) is 22.7 Å². The molecule has 2 amide bonds. The molecule has 0 unspecified atom stereocenters. The Bertz CT molecular complexity index is 1320. The third-order valence-electron chi connectivity index (χ3n) is 5.08. The molecule has 2 aromatic carbocycles. The molecule has 4 rings (SSSR count). The van der Waals surface area contributed by atoms with Gasteiger partial charge in [-0.15, -0.1) is 0 Å². The predicted octanol–water partition coefficient (Wildman–Crippen LogP) is 3.79. The van der Waals surface area contributed by atoms with Crippen molar-refractivity contribution >= 4 is 23.2 Å². The molecular weight excluding hydrogens is 420 g/mol. The van der Waals surface area contributed by atoms with Crippen molar-refractivity contribution in [2.24, 2.45) is 12.1 Å². The lowest BCUT2D eigenvalue weighted by atomic mass is 10.1. The normalized spacial score (nSPS) is 11.3.